The molecule has 0 aromatic carbocycles. The van der Waals surface area contributed by atoms with Crippen LogP contribution >= 0.6 is 0 Å². The number of fused-ring (bicyclic) bond motifs is 4. The van der Waals surface area contributed by atoms with Crippen molar-refractivity contribution in [2.24, 2.45) is 47.3 Å². The third-order valence-electron chi connectivity index (χ3n) is 8.53. The van der Waals surface area contributed by atoms with Gasteiger partial charge in [0.1, 0.15) is 0 Å². The van der Waals surface area contributed by atoms with E-state index in [1.807, 2.05) is 13.8 Å². The van der Waals surface area contributed by atoms with Gasteiger partial charge in [-0.3, -0.25) is 0 Å². The molecule has 8 unspecified atom stereocenters. The molecule has 186 valence electrons. The van der Waals surface area contributed by atoms with Crippen LogP contribution in [0.3, 0.4) is 0 Å². The summed E-state index contributed by atoms with van der Waals surface area (Å²) in [5.41, 5.74) is 0. The first-order chi connectivity index (χ1) is 15.0. The summed E-state index contributed by atoms with van der Waals surface area (Å²) in [7, 11) is -6.03. The van der Waals surface area contributed by atoms with Crippen molar-refractivity contribution in [2.45, 2.75) is 66.2 Å². The summed E-state index contributed by atoms with van der Waals surface area (Å²) >= 11 is 0. The van der Waals surface area contributed by atoms with E-state index in [0.29, 0.717) is 43.7 Å². The fourth-order valence-electron chi connectivity index (χ4n) is 6.61. The largest absolute Gasteiger partial charge is 0.215 e. The van der Waals surface area contributed by atoms with Crippen molar-refractivity contribution in [1.29, 1.82) is 0 Å². The quantitative estimate of drug-likeness (QED) is 0.458. The van der Waals surface area contributed by atoms with Gasteiger partial charge in [0, 0.05) is 13.1 Å². The summed E-state index contributed by atoms with van der Waals surface area (Å²) < 4.78 is 51.7. The van der Waals surface area contributed by atoms with Crippen molar-refractivity contribution in [1.82, 2.24) is 9.44 Å². The number of hydrogen-bond donors (Lipinski definition) is 2. The van der Waals surface area contributed by atoms with Crippen LogP contribution in [0.2, 0.25) is 0 Å². The highest BCUT2D eigenvalue weighted by Gasteiger charge is 2.48. The molecule has 8 atom stereocenters. The van der Waals surface area contributed by atoms with Gasteiger partial charge in [0.2, 0.25) is 20.0 Å². The molecular formula is C24H44N2O4S2. The molecule has 0 saturated heterocycles. The highest BCUT2D eigenvalue weighted by Crippen LogP contribution is 2.54. The van der Waals surface area contributed by atoms with Crippen molar-refractivity contribution < 1.29 is 16.8 Å². The summed E-state index contributed by atoms with van der Waals surface area (Å²) in [6.07, 6.45) is 10.9. The molecule has 6 nitrogen and oxygen atoms in total. The molecule has 4 bridgehead atoms. The Bertz CT molecular complexity index is 853. The topological polar surface area (TPSA) is 92.3 Å². The van der Waals surface area contributed by atoms with Gasteiger partial charge >= 0.3 is 0 Å². The minimum Gasteiger partial charge on any atom is -0.215 e. The first-order valence-electron chi connectivity index (χ1n) is 12.7. The molecule has 32 heavy (non-hydrogen) atoms. The summed E-state index contributed by atoms with van der Waals surface area (Å²) in [5.74, 6) is 6.18. The normalized spacial score (nSPS) is 37.6. The Morgan fingerprint density at radius 1 is 0.750 bits per heavy atom. The van der Waals surface area contributed by atoms with Crippen LogP contribution in [-0.2, 0) is 20.0 Å². The van der Waals surface area contributed by atoms with Crippen molar-refractivity contribution in [3.63, 3.8) is 0 Å². The minimum absolute atomic E-state index is 0.254. The third kappa shape index (κ3) is 6.57. The van der Waals surface area contributed by atoms with Gasteiger partial charge < -0.3 is 0 Å². The van der Waals surface area contributed by atoms with E-state index in [0.717, 1.165) is 36.0 Å². The molecule has 0 aliphatic heterocycles. The molecule has 0 radical (unpaired) electrons. The fourth-order valence-corrected chi connectivity index (χ4v) is 8.91. The number of allylic oxidation sites excluding steroid dienone is 2. The van der Waals surface area contributed by atoms with E-state index in [1.54, 1.807) is 0 Å². The van der Waals surface area contributed by atoms with Gasteiger partial charge in [-0.1, -0.05) is 39.8 Å². The maximum Gasteiger partial charge on any atom is 0.211 e. The zero-order valence-corrected chi connectivity index (χ0v) is 21.9. The lowest BCUT2D eigenvalue weighted by Crippen LogP contribution is -2.36. The van der Waals surface area contributed by atoms with Gasteiger partial charge in [0.05, 0.1) is 11.5 Å². The van der Waals surface area contributed by atoms with E-state index in [1.165, 1.54) is 19.3 Å². The molecule has 0 spiro atoms. The predicted octanol–water partition coefficient (Wildman–Crippen LogP) is 3.77. The zero-order valence-electron chi connectivity index (χ0n) is 20.3. The monoisotopic (exact) mass is 488 g/mol. The summed E-state index contributed by atoms with van der Waals surface area (Å²) in [6, 6.07) is 0. The fraction of sp³-hybridized carbons (Fsp3) is 0.917. The number of sulfonamides is 2. The predicted molar refractivity (Wildman–Crippen MR) is 131 cm³/mol. The Morgan fingerprint density at radius 2 is 1.34 bits per heavy atom. The molecule has 0 aromatic rings. The summed E-state index contributed by atoms with van der Waals surface area (Å²) in [4.78, 5) is 0. The van der Waals surface area contributed by atoms with Crippen LogP contribution in [0.15, 0.2) is 12.2 Å². The molecule has 3 saturated carbocycles. The van der Waals surface area contributed by atoms with Gasteiger partial charge in [0.25, 0.3) is 0 Å². The first kappa shape index (κ1) is 26.2. The van der Waals surface area contributed by atoms with Gasteiger partial charge in [-0.2, -0.15) is 0 Å². The lowest BCUT2D eigenvalue weighted by molar-refractivity contribution is 0.191. The number of nitrogens with one attached hydrogen (secondary N) is 2. The van der Waals surface area contributed by atoms with E-state index < -0.39 is 20.0 Å². The molecule has 3 fully saturated rings. The van der Waals surface area contributed by atoms with Crippen LogP contribution < -0.4 is 9.44 Å². The van der Waals surface area contributed by atoms with Gasteiger partial charge in [-0.25, -0.2) is 26.3 Å². The Morgan fingerprint density at radius 3 is 1.78 bits per heavy atom. The molecule has 4 aliphatic rings. The van der Waals surface area contributed by atoms with E-state index in [4.69, 9.17) is 0 Å². The molecule has 0 aromatic heterocycles. The molecular weight excluding hydrogens is 444 g/mol. The smallest absolute Gasteiger partial charge is 0.211 e. The van der Waals surface area contributed by atoms with Gasteiger partial charge in [0.15, 0.2) is 0 Å². The number of hydrogen-bond acceptors (Lipinski definition) is 4. The second kappa shape index (κ2) is 10.9. The summed E-state index contributed by atoms with van der Waals surface area (Å²) in [5, 5.41) is 0. The van der Waals surface area contributed by atoms with Crippen molar-refractivity contribution in [2.75, 3.05) is 24.6 Å². The standard InChI is InChI=1S/C13H25NO2S.C11H19NO2S/c1-4-5-17(15,16)14-8-12-6-11-7-13(12)10(3)9(11)2;1-2-5-15(13,14)12-8-11-7-9-3-4-10(11)6-9/h9-14H,4-8H2,1-3H3;3-4,9-12H,2,5-8H2,1H3. The highest BCUT2D eigenvalue weighted by atomic mass is 32.2. The minimum atomic E-state index is -3.02. The van der Waals surface area contributed by atoms with E-state index in [-0.39, 0.29) is 11.5 Å². The maximum absolute atomic E-state index is 11.6. The van der Waals surface area contributed by atoms with Crippen LogP contribution in [0, 0.1) is 47.3 Å². The van der Waals surface area contributed by atoms with E-state index in [2.05, 4.69) is 35.4 Å². The van der Waals surface area contributed by atoms with E-state index in [9.17, 15) is 16.8 Å². The lowest BCUT2D eigenvalue weighted by Gasteiger charge is -2.31. The molecule has 0 heterocycles. The SMILES string of the molecule is CCCS(=O)(=O)NCC1CC2C=CC1C2.CCCS(=O)(=O)NCC1CC2CC1C(C)C2C. The maximum atomic E-state index is 11.6. The first-order valence-corrected chi connectivity index (χ1v) is 16.0. The third-order valence-corrected chi connectivity index (χ3v) is 11.6. The van der Waals surface area contributed by atoms with Crippen LogP contribution in [0.25, 0.3) is 0 Å². The van der Waals surface area contributed by atoms with Crippen molar-refractivity contribution >= 4 is 20.0 Å². The second-order valence-corrected chi connectivity index (χ2v) is 14.6. The lowest BCUT2D eigenvalue weighted by atomic mass is 9.76. The molecule has 4 aliphatic carbocycles. The van der Waals surface area contributed by atoms with Crippen molar-refractivity contribution in [3.8, 4) is 0 Å². The highest BCUT2D eigenvalue weighted by molar-refractivity contribution is 7.89. The molecule has 4 rings (SSSR count). The Labute approximate surface area is 196 Å². The molecule has 0 amide bonds. The summed E-state index contributed by atoms with van der Waals surface area (Å²) in [6.45, 7) is 9.78. The van der Waals surface area contributed by atoms with E-state index >= 15 is 0 Å². The van der Waals surface area contributed by atoms with Crippen LogP contribution in [0.5, 0.6) is 0 Å². The van der Waals surface area contributed by atoms with Crippen LogP contribution in [0.1, 0.15) is 66.2 Å². The Hall–Kier alpha value is -0.440. The Balaban J connectivity index is 0.000000182. The zero-order chi connectivity index (χ0) is 23.5. The number of rotatable bonds is 10. The van der Waals surface area contributed by atoms with Crippen LogP contribution in [0.4, 0.5) is 0 Å². The van der Waals surface area contributed by atoms with Gasteiger partial charge in [-0.05, 0) is 85.9 Å². The average molecular weight is 489 g/mol. The second-order valence-electron chi connectivity index (χ2n) is 10.7. The average Bonchev–Trinajstić information content (AvgIpc) is 3.49. The van der Waals surface area contributed by atoms with Gasteiger partial charge in [-0.15, -0.1) is 0 Å². The van der Waals surface area contributed by atoms with Crippen LogP contribution in [-0.4, -0.2) is 41.4 Å². The molecule has 8 heteroatoms. The Kier molecular flexibility index (Phi) is 8.89. The van der Waals surface area contributed by atoms with Crippen molar-refractivity contribution in [3.05, 3.63) is 12.2 Å². The molecule has 2 N–H and O–H groups in total.